The first kappa shape index (κ1) is 13.1. The summed E-state index contributed by atoms with van der Waals surface area (Å²) in [6, 6.07) is 5.76. The van der Waals surface area contributed by atoms with Crippen molar-refractivity contribution in [2.45, 2.75) is 19.8 Å². The predicted molar refractivity (Wildman–Crippen MR) is 72.3 cm³/mol. The lowest BCUT2D eigenvalue weighted by atomic mass is 10.1. The lowest BCUT2D eigenvalue weighted by Crippen LogP contribution is -1.89. The highest BCUT2D eigenvalue weighted by Crippen LogP contribution is 2.27. The molecule has 0 radical (unpaired) electrons. The summed E-state index contributed by atoms with van der Waals surface area (Å²) in [5, 5.41) is 2.29. The van der Waals surface area contributed by atoms with Crippen molar-refractivity contribution in [2.75, 3.05) is 5.33 Å². The Balaban J connectivity index is 2.76. The van der Waals surface area contributed by atoms with E-state index in [2.05, 4.69) is 28.9 Å². The minimum absolute atomic E-state index is 0.627. The van der Waals surface area contributed by atoms with Crippen LogP contribution in [0.2, 0.25) is 10.0 Å². The van der Waals surface area contributed by atoms with Crippen molar-refractivity contribution in [3.63, 3.8) is 0 Å². The van der Waals surface area contributed by atoms with Crippen molar-refractivity contribution < 1.29 is 0 Å². The summed E-state index contributed by atoms with van der Waals surface area (Å²) in [5.41, 5.74) is 2.41. The van der Waals surface area contributed by atoms with Crippen LogP contribution in [-0.4, -0.2) is 5.33 Å². The fourth-order valence-corrected chi connectivity index (χ4v) is 1.97. The highest BCUT2D eigenvalue weighted by atomic mass is 79.9. The molecule has 15 heavy (non-hydrogen) atoms. The van der Waals surface area contributed by atoms with E-state index in [1.165, 1.54) is 5.57 Å². The number of rotatable bonds is 4. The highest BCUT2D eigenvalue weighted by Gasteiger charge is 2.04. The normalized spacial score (nSPS) is 11.9. The van der Waals surface area contributed by atoms with Crippen molar-refractivity contribution in [1.29, 1.82) is 0 Å². The fourth-order valence-electron chi connectivity index (χ4n) is 1.36. The lowest BCUT2D eigenvalue weighted by molar-refractivity contribution is 1.10. The van der Waals surface area contributed by atoms with Crippen LogP contribution in [0.25, 0.3) is 0 Å². The standard InChI is InChI=1S/C12H13BrCl2/c1-9(4-3-7-13)8-10-5-2-6-11(14)12(10)15/h2,4-6H,3,7-8H2,1H3/b9-4-. The quantitative estimate of drug-likeness (QED) is 0.525. The monoisotopic (exact) mass is 306 g/mol. The zero-order valence-corrected chi connectivity index (χ0v) is 11.7. The molecule has 1 rings (SSSR count). The molecule has 0 amide bonds. The number of benzene rings is 1. The Morgan fingerprint density at radius 2 is 2.13 bits per heavy atom. The molecule has 0 nitrogen and oxygen atoms in total. The Bertz CT molecular complexity index is 359. The summed E-state index contributed by atoms with van der Waals surface area (Å²) in [5.74, 6) is 0. The molecule has 1 aromatic carbocycles. The van der Waals surface area contributed by atoms with Crippen LogP contribution in [0, 0.1) is 0 Å². The maximum atomic E-state index is 6.10. The molecule has 1 aromatic rings. The maximum Gasteiger partial charge on any atom is 0.0627 e. The number of allylic oxidation sites excluding steroid dienone is 2. The predicted octanol–water partition coefficient (Wildman–Crippen LogP) is 5.27. The third kappa shape index (κ3) is 4.18. The molecule has 0 aliphatic heterocycles. The average Bonchev–Trinajstić information content (AvgIpc) is 2.22. The molecule has 0 heterocycles. The Morgan fingerprint density at radius 1 is 1.40 bits per heavy atom. The Morgan fingerprint density at radius 3 is 2.80 bits per heavy atom. The van der Waals surface area contributed by atoms with Crippen LogP contribution in [0.3, 0.4) is 0 Å². The summed E-state index contributed by atoms with van der Waals surface area (Å²) >= 11 is 15.4. The first-order chi connectivity index (χ1) is 7.15. The minimum Gasteiger partial charge on any atom is -0.0925 e. The topological polar surface area (TPSA) is 0 Å². The average molecular weight is 308 g/mol. The Kier molecular flexibility index (Phi) is 5.73. The maximum absolute atomic E-state index is 6.10. The zero-order chi connectivity index (χ0) is 11.3. The van der Waals surface area contributed by atoms with E-state index in [0.29, 0.717) is 10.0 Å². The molecule has 0 fully saturated rings. The van der Waals surface area contributed by atoms with Gasteiger partial charge >= 0.3 is 0 Å². The van der Waals surface area contributed by atoms with Gasteiger partial charge in [-0.2, -0.15) is 0 Å². The van der Waals surface area contributed by atoms with Gasteiger partial charge in [0.25, 0.3) is 0 Å². The van der Waals surface area contributed by atoms with Crippen LogP contribution in [-0.2, 0) is 6.42 Å². The summed E-state index contributed by atoms with van der Waals surface area (Å²) in [6.45, 7) is 2.11. The number of hydrogen-bond acceptors (Lipinski definition) is 0. The largest absolute Gasteiger partial charge is 0.0925 e. The van der Waals surface area contributed by atoms with Crippen LogP contribution in [0.5, 0.6) is 0 Å². The van der Waals surface area contributed by atoms with E-state index in [4.69, 9.17) is 23.2 Å². The molecule has 0 aliphatic carbocycles. The molecule has 0 atom stereocenters. The highest BCUT2D eigenvalue weighted by molar-refractivity contribution is 9.09. The van der Waals surface area contributed by atoms with E-state index in [0.717, 1.165) is 23.7 Å². The second kappa shape index (κ2) is 6.57. The van der Waals surface area contributed by atoms with Gasteiger partial charge in [0.15, 0.2) is 0 Å². The van der Waals surface area contributed by atoms with Gasteiger partial charge in [0.2, 0.25) is 0 Å². The van der Waals surface area contributed by atoms with E-state index in [1.54, 1.807) is 0 Å². The van der Waals surface area contributed by atoms with Crippen molar-refractivity contribution >= 4 is 39.1 Å². The van der Waals surface area contributed by atoms with Gasteiger partial charge in [0.1, 0.15) is 0 Å². The molecule has 0 spiro atoms. The second-order valence-electron chi connectivity index (χ2n) is 3.42. The zero-order valence-electron chi connectivity index (χ0n) is 8.56. The lowest BCUT2D eigenvalue weighted by Gasteiger charge is -2.05. The van der Waals surface area contributed by atoms with Gasteiger partial charge < -0.3 is 0 Å². The molecular weight excluding hydrogens is 295 g/mol. The van der Waals surface area contributed by atoms with Gasteiger partial charge in [-0.15, -0.1) is 0 Å². The first-order valence-electron chi connectivity index (χ1n) is 4.79. The molecule has 0 saturated carbocycles. The van der Waals surface area contributed by atoms with Crippen molar-refractivity contribution in [1.82, 2.24) is 0 Å². The summed E-state index contributed by atoms with van der Waals surface area (Å²) in [4.78, 5) is 0. The van der Waals surface area contributed by atoms with Crippen LogP contribution in [0.1, 0.15) is 18.9 Å². The van der Waals surface area contributed by atoms with E-state index < -0.39 is 0 Å². The van der Waals surface area contributed by atoms with Crippen LogP contribution < -0.4 is 0 Å². The summed E-state index contributed by atoms with van der Waals surface area (Å²) < 4.78 is 0. The summed E-state index contributed by atoms with van der Waals surface area (Å²) in [7, 11) is 0. The van der Waals surface area contributed by atoms with E-state index in [-0.39, 0.29) is 0 Å². The molecule has 82 valence electrons. The smallest absolute Gasteiger partial charge is 0.0627 e. The van der Waals surface area contributed by atoms with Gasteiger partial charge in [-0.3, -0.25) is 0 Å². The number of alkyl halides is 1. The molecule has 0 N–H and O–H groups in total. The number of hydrogen-bond donors (Lipinski definition) is 0. The third-order valence-corrected chi connectivity index (χ3v) is 3.42. The second-order valence-corrected chi connectivity index (χ2v) is 5.00. The Hall–Kier alpha value is 0.0200. The van der Waals surface area contributed by atoms with Gasteiger partial charge in [-0.25, -0.2) is 0 Å². The SMILES string of the molecule is C/C(=C/CCBr)Cc1cccc(Cl)c1Cl. The number of halogens is 3. The van der Waals surface area contributed by atoms with E-state index >= 15 is 0 Å². The molecular formula is C12H13BrCl2. The van der Waals surface area contributed by atoms with Crippen molar-refractivity contribution in [3.8, 4) is 0 Å². The van der Waals surface area contributed by atoms with E-state index in [1.807, 2.05) is 18.2 Å². The summed E-state index contributed by atoms with van der Waals surface area (Å²) in [6.07, 6.45) is 4.13. The van der Waals surface area contributed by atoms with Crippen molar-refractivity contribution in [3.05, 3.63) is 45.5 Å². The third-order valence-electron chi connectivity index (χ3n) is 2.10. The van der Waals surface area contributed by atoms with Gasteiger partial charge in [-0.05, 0) is 31.4 Å². The van der Waals surface area contributed by atoms with Crippen LogP contribution in [0.4, 0.5) is 0 Å². The fraction of sp³-hybridized carbons (Fsp3) is 0.333. The minimum atomic E-state index is 0.627. The first-order valence-corrected chi connectivity index (χ1v) is 6.67. The molecule has 3 heteroatoms. The molecule has 0 aliphatic rings. The van der Waals surface area contributed by atoms with Gasteiger partial charge in [0, 0.05) is 5.33 Å². The molecule has 0 bridgehead atoms. The van der Waals surface area contributed by atoms with E-state index in [9.17, 15) is 0 Å². The van der Waals surface area contributed by atoms with Crippen LogP contribution in [0.15, 0.2) is 29.8 Å². The van der Waals surface area contributed by atoms with Crippen molar-refractivity contribution in [2.24, 2.45) is 0 Å². The van der Waals surface area contributed by atoms with Crippen LogP contribution >= 0.6 is 39.1 Å². The van der Waals surface area contributed by atoms with Gasteiger partial charge in [0.05, 0.1) is 10.0 Å². The Labute approximate surface area is 109 Å². The molecule has 0 unspecified atom stereocenters. The molecule has 0 saturated heterocycles. The molecule has 0 aromatic heterocycles. The van der Waals surface area contributed by atoms with Gasteiger partial charge in [-0.1, -0.05) is 62.9 Å².